The molecule has 1 aliphatic heterocycles. The summed E-state index contributed by atoms with van der Waals surface area (Å²) in [6.07, 6.45) is 3.37. The number of nitrogens with one attached hydrogen (secondary N) is 2. The molecule has 1 aromatic carbocycles. The Hall–Kier alpha value is -1.85. The summed E-state index contributed by atoms with van der Waals surface area (Å²) in [6, 6.07) is 7.56. The number of amides is 1. The van der Waals surface area contributed by atoms with Gasteiger partial charge in [0.25, 0.3) is 0 Å². The molecule has 0 saturated carbocycles. The number of hydrogen-bond donors (Lipinski definition) is 3. The first kappa shape index (κ1) is 14.1. The maximum atomic E-state index is 12.2. The number of fused-ring (bicyclic) bond motifs is 1. The lowest BCUT2D eigenvalue weighted by Gasteiger charge is -2.19. The van der Waals surface area contributed by atoms with Crippen LogP contribution in [0.4, 0.5) is 0 Å². The van der Waals surface area contributed by atoms with Crippen molar-refractivity contribution in [2.24, 2.45) is 5.73 Å². The number of ether oxygens (including phenoxy) is 1. The van der Waals surface area contributed by atoms with E-state index in [-0.39, 0.29) is 18.1 Å². The Balaban J connectivity index is 1.65. The quantitative estimate of drug-likeness (QED) is 0.793. The van der Waals surface area contributed by atoms with Crippen LogP contribution in [-0.2, 0) is 16.0 Å². The van der Waals surface area contributed by atoms with Gasteiger partial charge in [0.2, 0.25) is 5.91 Å². The molecule has 3 rings (SSSR count). The first-order chi connectivity index (χ1) is 10.1. The second-order valence-corrected chi connectivity index (χ2v) is 5.65. The average Bonchev–Trinajstić information content (AvgIpc) is 3.07. The second kappa shape index (κ2) is 5.87. The largest absolute Gasteiger partial charge is 0.376 e. The Labute approximate surface area is 123 Å². The molecule has 1 amide bonds. The third kappa shape index (κ3) is 2.94. The Morgan fingerprint density at radius 2 is 2.33 bits per heavy atom. The van der Waals surface area contributed by atoms with Crippen LogP contribution in [0.2, 0.25) is 0 Å². The highest BCUT2D eigenvalue weighted by molar-refractivity contribution is 5.86. The van der Waals surface area contributed by atoms with Gasteiger partial charge < -0.3 is 20.8 Å². The maximum Gasteiger partial charge on any atom is 0.237 e. The molecule has 5 heteroatoms. The van der Waals surface area contributed by atoms with E-state index >= 15 is 0 Å². The molecule has 1 aromatic heterocycles. The Kier molecular flexibility index (Phi) is 3.94. The first-order valence-corrected chi connectivity index (χ1v) is 7.37. The van der Waals surface area contributed by atoms with Crippen LogP contribution < -0.4 is 11.1 Å². The molecule has 21 heavy (non-hydrogen) atoms. The van der Waals surface area contributed by atoms with Gasteiger partial charge in [-0.05, 0) is 31.4 Å². The molecule has 1 saturated heterocycles. The third-order valence-electron chi connectivity index (χ3n) is 4.16. The SMILES string of the molecule is CC1OCCC1NC(=O)C(N)Cc1c[nH]c2ccccc12. The molecule has 0 spiro atoms. The van der Waals surface area contributed by atoms with Crippen molar-refractivity contribution in [3.63, 3.8) is 0 Å². The predicted octanol–water partition coefficient (Wildman–Crippen LogP) is 1.33. The number of aromatic amines is 1. The van der Waals surface area contributed by atoms with E-state index in [9.17, 15) is 4.79 Å². The Bertz CT molecular complexity index is 637. The van der Waals surface area contributed by atoms with Crippen LogP contribution in [0, 0.1) is 0 Å². The molecule has 0 aliphatic carbocycles. The Morgan fingerprint density at radius 3 is 3.10 bits per heavy atom. The number of para-hydroxylation sites is 1. The lowest BCUT2D eigenvalue weighted by molar-refractivity contribution is -0.123. The number of carbonyl (C=O) groups is 1. The zero-order valence-electron chi connectivity index (χ0n) is 12.1. The maximum absolute atomic E-state index is 12.2. The molecule has 4 N–H and O–H groups in total. The van der Waals surface area contributed by atoms with Gasteiger partial charge in [-0.15, -0.1) is 0 Å². The fraction of sp³-hybridized carbons (Fsp3) is 0.438. The molecular formula is C16H21N3O2. The number of hydrogen-bond acceptors (Lipinski definition) is 3. The van der Waals surface area contributed by atoms with Crippen LogP contribution in [0.1, 0.15) is 18.9 Å². The number of carbonyl (C=O) groups excluding carboxylic acids is 1. The van der Waals surface area contributed by atoms with Crippen LogP contribution in [0.15, 0.2) is 30.5 Å². The van der Waals surface area contributed by atoms with Crippen molar-refractivity contribution < 1.29 is 9.53 Å². The van der Waals surface area contributed by atoms with Gasteiger partial charge in [-0.25, -0.2) is 0 Å². The molecule has 3 unspecified atom stereocenters. The summed E-state index contributed by atoms with van der Waals surface area (Å²) in [4.78, 5) is 15.4. The van der Waals surface area contributed by atoms with E-state index in [1.807, 2.05) is 37.4 Å². The highest BCUT2D eigenvalue weighted by atomic mass is 16.5. The summed E-state index contributed by atoms with van der Waals surface area (Å²) in [5, 5.41) is 4.11. The summed E-state index contributed by atoms with van der Waals surface area (Å²) in [5.41, 5.74) is 8.20. The smallest absolute Gasteiger partial charge is 0.237 e. The van der Waals surface area contributed by atoms with Crippen molar-refractivity contribution in [3.05, 3.63) is 36.0 Å². The van der Waals surface area contributed by atoms with Gasteiger partial charge in [-0.3, -0.25) is 4.79 Å². The van der Waals surface area contributed by atoms with E-state index in [1.54, 1.807) is 0 Å². The minimum atomic E-state index is -0.544. The van der Waals surface area contributed by atoms with E-state index in [2.05, 4.69) is 10.3 Å². The molecule has 1 fully saturated rings. The topological polar surface area (TPSA) is 80.1 Å². The highest BCUT2D eigenvalue weighted by Gasteiger charge is 2.27. The number of H-pyrrole nitrogens is 1. The number of rotatable bonds is 4. The summed E-state index contributed by atoms with van der Waals surface area (Å²) < 4.78 is 5.45. The highest BCUT2D eigenvalue weighted by Crippen LogP contribution is 2.19. The van der Waals surface area contributed by atoms with Crippen molar-refractivity contribution in [2.45, 2.75) is 38.0 Å². The lowest BCUT2D eigenvalue weighted by atomic mass is 10.0. The van der Waals surface area contributed by atoms with Gasteiger partial charge in [0.1, 0.15) is 0 Å². The first-order valence-electron chi connectivity index (χ1n) is 7.37. The van der Waals surface area contributed by atoms with Crippen molar-refractivity contribution in [2.75, 3.05) is 6.61 Å². The van der Waals surface area contributed by atoms with Crippen molar-refractivity contribution in [3.8, 4) is 0 Å². The van der Waals surface area contributed by atoms with Gasteiger partial charge in [-0.2, -0.15) is 0 Å². The zero-order valence-corrected chi connectivity index (χ0v) is 12.1. The van der Waals surface area contributed by atoms with E-state index in [4.69, 9.17) is 10.5 Å². The monoisotopic (exact) mass is 287 g/mol. The summed E-state index contributed by atoms with van der Waals surface area (Å²) in [7, 11) is 0. The lowest BCUT2D eigenvalue weighted by Crippen LogP contribution is -2.48. The third-order valence-corrected chi connectivity index (χ3v) is 4.16. The van der Waals surface area contributed by atoms with Crippen molar-refractivity contribution in [1.29, 1.82) is 0 Å². The molecule has 0 bridgehead atoms. The molecule has 112 valence electrons. The molecule has 1 aliphatic rings. The van der Waals surface area contributed by atoms with Crippen LogP contribution in [-0.4, -0.2) is 35.7 Å². The second-order valence-electron chi connectivity index (χ2n) is 5.65. The van der Waals surface area contributed by atoms with Crippen molar-refractivity contribution >= 4 is 16.8 Å². The minimum absolute atomic E-state index is 0.0641. The van der Waals surface area contributed by atoms with E-state index in [1.165, 1.54) is 0 Å². The van der Waals surface area contributed by atoms with Gasteiger partial charge >= 0.3 is 0 Å². The van der Waals surface area contributed by atoms with E-state index < -0.39 is 6.04 Å². The van der Waals surface area contributed by atoms with Gasteiger partial charge in [-0.1, -0.05) is 18.2 Å². The van der Waals surface area contributed by atoms with E-state index in [0.29, 0.717) is 13.0 Å². The zero-order chi connectivity index (χ0) is 14.8. The van der Waals surface area contributed by atoms with Crippen LogP contribution in [0.5, 0.6) is 0 Å². The minimum Gasteiger partial charge on any atom is -0.376 e. The van der Waals surface area contributed by atoms with Gasteiger partial charge in [0.15, 0.2) is 0 Å². The normalized spacial score (nSPS) is 23.3. The van der Waals surface area contributed by atoms with Gasteiger partial charge in [0.05, 0.1) is 18.2 Å². The number of aromatic nitrogens is 1. The summed E-state index contributed by atoms with van der Waals surface area (Å²) in [6.45, 7) is 2.67. The number of benzene rings is 1. The molecular weight excluding hydrogens is 266 g/mol. The van der Waals surface area contributed by atoms with Crippen LogP contribution >= 0.6 is 0 Å². The molecule has 5 nitrogen and oxygen atoms in total. The summed E-state index contributed by atoms with van der Waals surface area (Å²) >= 11 is 0. The molecule has 2 aromatic rings. The Morgan fingerprint density at radius 1 is 1.52 bits per heavy atom. The van der Waals surface area contributed by atoms with Crippen LogP contribution in [0.25, 0.3) is 10.9 Å². The average molecular weight is 287 g/mol. The van der Waals surface area contributed by atoms with Gasteiger partial charge in [0, 0.05) is 23.7 Å². The predicted molar refractivity (Wildman–Crippen MR) is 81.9 cm³/mol. The summed E-state index contributed by atoms with van der Waals surface area (Å²) in [5.74, 6) is -0.109. The molecule has 0 radical (unpaired) electrons. The molecule has 3 atom stereocenters. The van der Waals surface area contributed by atoms with Crippen LogP contribution in [0.3, 0.4) is 0 Å². The number of nitrogens with two attached hydrogens (primary N) is 1. The van der Waals surface area contributed by atoms with E-state index in [0.717, 1.165) is 22.9 Å². The fourth-order valence-corrected chi connectivity index (χ4v) is 2.84. The fourth-order valence-electron chi connectivity index (χ4n) is 2.84. The van der Waals surface area contributed by atoms with Crippen molar-refractivity contribution in [1.82, 2.24) is 10.3 Å². The standard InChI is InChI=1S/C16H21N3O2/c1-10-14(6-7-21-10)19-16(20)13(17)8-11-9-18-15-5-3-2-4-12(11)15/h2-5,9-10,13-14,18H,6-8,17H2,1H3,(H,19,20). The molecule has 2 heterocycles.